The molecule has 0 N–H and O–H groups in total. The summed E-state index contributed by atoms with van der Waals surface area (Å²) >= 11 is 3.32. The van der Waals surface area contributed by atoms with E-state index in [0.29, 0.717) is 17.8 Å². The van der Waals surface area contributed by atoms with Crippen LogP contribution in [0.4, 0.5) is 5.69 Å². The zero-order valence-electron chi connectivity index (χ0n) is 10.8. The molecule has 5 heteroatoms. The molecule has 20 heavy (non-hydrogen) atoms. The van der Waals surface area contributed by atoms with E-state index < -0.39 is 11.7 Å². The van der Waals surface area contributed by atoms with Gasteiger partial charge >= 0.3 is 0 Å². The van der Waals surface area contributed by atoms with E-state index in [9.17, 15) is 9.59 Å². The molecule has 0 aliphatic carbocycles. The van der Waals surface area contributed by atoms with Crippen molar-refractivity contribution in [2.24, 2.45) is 0 Å². The van der Waals surface area contributed by atoms with Gasteiger partial charge in [0.15, 0.2) is 0 Å². The average molecular weight is 331 g/mol. The quantitative estimate of drug-likeness (QED) is 0.795. The molecule has 0 saturated carbocycles. The second kappa shape index (κ2) is 4.83. The summed E-state index contributed by atoms with van der Waals surface area (Å²) < 4.78 is 0.876. The molecule has 0 spiro atoms. The molecule has 4 nitrogen and oxygen atoms in total. The second-order valence-corrected chi connectivity index (χ2v) is 5.62. The van der Waals surface area contributed by atoms with Crippen LogP contribution in [0.1, 0.15) is 21.6 Å². The lowest BCUT2D eigenvalue weighted by molar-refractivity contribution is -0.114. The minimum Gasteiger partial charge on any atom is -0.299 e. The Kier molecular flexibility index (Phi) is 3.14. The van der Waals surface area contributed by atoms with E-state index in [1.54, 1.807) is 12.3 Å². The molecule has 0 saturated heterocycles. The molecule has 100 valence electrons. The third-order valence-electron chi connectivity index (χ3n) is 3.24. The molecular weight excluding hydrogens is 320 g/mol. The molecular formula is C15H11BrN2O2. The molecule has 0 bridgehead atoms. The number of benzene rings is 1. The van der Waals surface area contributed by atoms with Crippen molar-refractivity contribution in [1.82, 2.24) is 4.98 Å². The SMILES string of the molecule is Cc1ccc2c(c1)C(=O)C(=O)N2Cc1ccc(Br)cn1. The highest BCUT2D eigenvalue weighted by atomic mass is 79.9. The number of aromatic nitrogens is 1. The molecule has 1 aromatic carbocycles. The minimum absolute atomic E-state index is 0.300. The predicted octanol–water partition coefficient (Wildman–Crippen LogP) is 2.88. The van der Waals surface area contributed by atoms with Gasteiger partial charge in [0, 0.05) is 10.7 Å². The Hall–Kier alpha value is -2.01. The van der Waals surface area contributed by atoms with Gasteiger partial charge in [-0.1, -0.05) is 11.6 Å². The average Bonchev–Trinajstić information content (AvgIpc) is 2.66. The summed E-state index contributed by atoms with van der Waals surface area (Å²) in [6, 6.07) is 9.15. The van der Waals surface area contributed by atoms with Crippen LogP contribution in [0.5, 0.6) is 0 Å². The molecule has 2 heterocycles. The molecule has 2 aromatic rings. The maximum atomic E-state index is 12.1. The third-order valence-corrected chi connectivity index (χ3v) is 3.70. The van der Waals surface area contributed by atoms with E-state index in [1.807, 2.05) is 31.2 Å². The van der Waals surface area contributed by atoms with E-state index in [0.717, 1.165) is 15.7 Å². The summed E-state index contributed by atoms with van der Waals surface area (Å²) in [6.07, 6.45) is 1.67. The molecule has 1 amide bonds. The van der Waals surface area contributed by atoms with Crippen LogP contribution in [0.3, 0.4) is 0 Å². The first-order valence-corrected chi connectivity index (χ1v) is 6.93. The lowest BCUT2D eigenvalue weighted by Crippen LogP contribution is -2.29. The van der Waals surface area contributed by atoms with Crippen molar-refractivity contribution in [1.29, 1.82) is 0 Å². The monoisotopic (exact) mass is 330 g/mol. The fourth-order valence-electron chi connectivity index (χ4n) is 2.23. The van der Waals surface area contributed by atoms with Gasteiger partial charge in [0.1, 0.15) is 0 Å². The van der Waals surface area contributed by atoms with Gasteiger partial charge in [-0.3, -0.25) is 19.5 Å². The second-order valence-electron chi connectivity index (χ2n) is 4.71. The van der Waals surface area contributed by atoms with Crippen molar-refractivity contribution in [3.63, 3.8) is 0 Å². The molecule has 0 unspecified atom stereocenters. The van der Waals surface area contributed by atoms with E-state index in [2.05, 4.69) is 20.9 Å². The summed E-state index contributed by atoms with van der Waals surface area (Å²) in [4.78, 5) is 29.8. The number of carbonyl (C=O) groups excluding carboxylic acids is 2. The fourth-order valence-corrected chi connectivity index (χ4v) is 2.47. The first-order chi connectivity index (χ1) is 9.56. The first kappa shape index (κ1) is 13.0. The van der Waals surface area contributed by atoms with Crippen LogP contribution in [0, 0.1) is 6.92 Å². The van der Waals surface area contributed by atoms with Gasteiger partial charge in [-0.25, -0.2) is 0 Å². The zero-order valence-corrected chi connectivity index (χ0v) is 12.3. The number of hydrogen-bond acceptors (Lipinski definition) is 3. The third kappa shape index (κ3) is 2.14. The summed E-state index contributed by atoms with van der Waals surface area (Å²) in [5.41, 5.74) is 2.85. The molecule has 1 aromatic heterocycles. The lowest BCUT2D eigenvalue weighted by atomic mass is 10.1. The first-order valence-electron chi connectivity index (χ1n) is 6.13. The van der Waals surface area contributed by atoms with Gasteiger partial charge in [-0.2, -0.15) is 0 Å². The fraction of sp³-hybridized carbons (Fsp3) is 0.133. The largest absolute Gasteiger partial charge is 0.299 e. The summed E-state index contributed by atoms with van der Waals surface area (Å²) in [5, 5.41) is 0. The van der Waals surface area contributed by atoms with Crippen LogP contribution in [-0.2, 0) is 11.3 Å². The smallest absolute Gasteiger partial charge is 0.299 e. The van der Waals surface area contributed by atoms with Crippen molar-refractivity contribution < 1.29 is 9.59 Å². The highest BCUT2D eigenvalue weighted by Crippen LogP contribution is 2.30. The molecule has 1 aliphatic rings. The summed E-state index contributed by atoms with van der Waals surface area (Å²) in [6.45, 7) is 2.20. The maximum absolute atomic E-state index is 12.1. The Labute approximate surface area is 124 Å². The predicted molar refractivity (Wildman–Crippen MR) is 78.6 cm³/mol. The van der Waals surface area contributed by atoms with Crippen LogP contribution >= 0.6 is 15.9 Å². The van der Waals surface area contributed by atoms with Crippen molar-refractivity contribution >= 4 is 33.3 Å². The summed E-state index contributed by atoms with van der Waals surface area (Å²) in [7, 11) is 0. The maximum Gasteiger partial charge on any atom is 0.299 e. The number of nitrogens with zero attached hydrogens (tertiary/aromatic N) is 2. The van der Waals surface area contributed by atoms with Gasteiger partial charge in [-0.05, 0) is 47.1 Å². The molecule has 0 atom stereocenters. The molecule has 1 aliphatic heterocycles. The van der Waals surface area contributed by atoms with Crippen LogP contribution in [0.25, 0.3) is 0 Å². The molecule has 0 fully saturated rings. The number of aryl methyl sites for hydroxylation is 1. The topological polar surface area (TPSA) is 50.3 Å². The number of carbonyl (C=O) groups is 2. The van der Waals surface area contributed by atoms with Crippen LogP contribution in [0.2, 0.25) is 0 Å². The van der Waals surface area contributed by atoms with Gasteiger partial charge < -0.3 is 0 Å². The van der Waals surface area contributed by atoms with Crippen molar-refractivity contribution in [2.75, 3.05) is 4.90 Å². The number of pyridine rings is 1. The van der Waals surface area contributed by atoms with E-state index >= 15 is 0 Å². The number of anilines is 1. The van der Waals surface area contributed by atoms with E-state index in [-0.39, 0.29) is 0 Å². The number of hydrogen-bond donors (Lipinski definition) is 0. The van der Waals surface area contributed by atoms with Crippen LogP contribution in [-0.4, -0.2) is 16.7 Å². The lowest BCUT2D eigenvalue weighted by Gasteiger charge is -2.16. The normalized spacial score (nSPS) is 13.8. The van der Waals surface area contributed by atoms with Gasteiger partial charge in [0.05, 0.1) is 23.5 Å². The number of amides is 1. The number of fused-ring (bicyclic) bond motifs is 1. The van der Waals surface area contributed by atoms with E-state index in [4.69, 9.17) is 0 Å². The van der Waals surface area contributed by atoms with E-state index in [1.165, 1.54) is 4.90 Å². The Morgan fingerprint density at radius 3 is 2.70 bits per heavy atom. The zero-order chi connectivity index (χ0) is 14.3. The standard InChI is InChI=1S/C15H11BrN2O2/c1-9-2-5-13-12(6-9)14(19)15(20)18(13)8-11-4-3-10(16)7-17-11/h2-7H,8H2,1H3. The Bertz CT molecular complexity index is 710. The minimum atomic E-state index is -0.490. The van der Waals surface area contributed by atoms with Gasteiger partial charge in [0.25, 0.3) is 11.7 Å². The Morgan fingerprint density at radius 2 is 2.00 bits per heavy atom. The van der Waals surface area contributed by atoms with Gasteiger partial charge in [-0.15, -0.1) is 0 Å². The highest BCUT2D eigenvalue weighted by Gasteiger charge is 2.35. The number of halogens is 1. The van der Waals surface area contributed by atoms with Crippen molar-refractivity contribution in [3.8, 4) is 0 Å². The highest BCUT2D eigenvalue weighted by molar-refractivity contribution is 9.10. The number of Topliss-reactive ketones (excluding diaryl/α,β-unsaturated/α-hetero) is 1. The number of ketones is 1. The molecule has 0 radical (unpaired) electrons. The van der Waals surface area contributed by atoms with Crippen molar-refractivity contribution in [2.45, 2.75) is 13.5 Å². The Morgan fingerprint density at radius 1 is 1.20 bits per heavy atom. The summed E-state index contributed by atoms with van der Waals surface area (Å²) in [5.74, 6) is -0.934. The Balaban J connectivity index is 1.97. The van der Waals surface area contributed by atoms with Crippen LogP contribution < -0.4 is 4.90 Å². The number of rotatable bonds is 2. The van der Waals surface area contributed by atoms with Crippen molar-refractivity contribution in [3.05, 3.63) is 57.8 Å². The van der Waals surface area contributed by atoms with Crippen LogP contribution in [0.15, 0.2) is 41.0 Å². The van der Waals surface area contributed by atoms with Gasteiger partial charge in [0.2, 0.25) is 0 Å². The molecule has 3 rings (SSSR count).